The summed E-state index contributed by atoms with van der Waals surface area (Å²) in [5.74, 6) is 0. The smallest absolute Gasteiger partial charge is 0.0240 e. The lowest BCUT2D eigenvalue weighted by Crippen LogP contribution is -2.47. The molecule has 0 saturated heterocycles. The van der Waals surface area contributed by atoms with Crippen LogP contribution in [0.1, 0.15) is 41.0 Å². The van der Waals surface area contributed by atoms with Gasteiger partial charge in [0.05, 0.1) is 0 Å². The first-order valence-electron chi connectivity index (χ1n) is 5.85. The van der Waals surface area contributed by atoms with E-state index in [0.717, 1.165) is 13.1 Å². The predicted octanol–water partition coefficient (Wildman–Crippen LogP) is 2.35. The van der Waals surface area contributed by atoms with Crippen LogP contribution in [0.3, 0.4) is 0 Å². The Labute approximate surface area is 90.1 Å². The molecule has 14 heavy (non-hydrogen) atoms. The molecule has 0 radical (unpaired) electrons. The molecule has 0 aliphatic heterocycles. The number of nitrogens with one attached hydrogen (secondary N) is 1. The minimum atomic E-state index is 0.343. The second kappa shape index (κ2) is 6.41. The molecule has 0 aliphatic carbocycles. The zero-order chi connectivity index (χ0) is 11.2. The van der Waals surface area contributed by atoms with Gasteiger partial charge in [-0.05, 0) is 32.0 Å². The summed E-state index contributed by atoms with van der Waals surface area (Å²) in [7, 11) is 2.07. The van der Waals surface area contributed by atoms with Gasteiger partial charge in [-0.1, -0.05) is 34.6 Å². The third-order valence-electron chi connectivity index (χ3n) is 2.82. The number of nitrogens with zero attached hydrogens (tertiary/aromatic N) is 1. The third-order valence-corrected chi connectivity index (χ3v) is 2.82. The molecule has 0 aromatic rings. The maximum atomic E-state index is 3.42. The molecule has 0 rings (SSSR count). The van der Waals surface area contributed by atoms with E-state index in [2.05, 4.69) is 51.9 Å². The lowest BCUT2D eigenvalue weighted by molar-refractivity contribution is 0.184. The van der Waals surface area contributed by atoms with E-state index in [9.17, 15) is 0 Å². The standard InChI is InChI=1S/C12H28N2/c1-7-9-14(8-2)10-11(13-6)12(3,4)5/h11,13H,7-10H2,1-6H3. The Kier molecular flexibility index (Phi) is 6.38. The van der Waals surface area contributed by atoms with Crippen LogP contribution in [0.4, 0.5) is 0 Å². The van der Waals surface area contributed by atoms with E-state index in [1.807, 2.05) is 0 Å². The molecule has 0 aliphatic rings. The van der Waals surface area contributed by atoms with E-state index in [0.29, 0.717) is 11.5 Å². The van der Waals surface area contributed by atoms with Gasteiger partial charge in [-0.15, -0.1) is 0 Å². The van der Waals surface area contributed by atoms with Gasteiger partial charge in [-0.25, -0.2) is 0 Å². The number of likely N-dealkylation sites (N-methyl/N-ethyl adjacent to an activating group) is 2. The highest BCUT2D eigenvalue weighted by atomic mass is 15.1. The fraction of sp³-hybridized carbons (Fsp3) is 1.00. The molecular weight excluding hydrogens is 172 g/mol. The monoisotopic (exact) mass is 200 g/mol. The van der Waals surface area contributed by atoms with Crippen LogP contribution in [0.5, 0.6) is 0 Å². The lowest BCUT2D eigenvalue weighted by Gasteiger charge is -2.34. The van der Waals surface area contributed by atoms with Crippen LogP contribution < -0.4 is 5.32 Å². The zero-order valence-electron chi connectivity index (χ0n) is 10.9. The molecule has 0 aromatic heterocycles. The first kappa shape index (κ1) is 13.9. The number of rotatable bonds is 6. The summed E-state index contributed by atoms with van der Waals surface area (Å²) in [5, 5.41) is 3.42. The van der Waals surface area contributed by atoms with Crippen molar-refractivity contribution in [1.82, 2.24) is 10.2 Å². The van der Waals surface area contributed by atoms with Gasteiger partial charge in [0, 0.05) is 12.6 Å². The van der Waals surface area contributed by atoms with Crippen LogP contribution in [0.15, 0.2) is 0 Å². The van der Waals surface area contributed by atoms with Crippen molar-refractivity contribution in [3.63, 3.8) is 0 Å². The van der Waals surface area contributed by atoms with Crippen molar-refractivity contribution in [2.24, 2.45) is 5.41 Å². The molecule has 0 spiro atoms. The normalized spacial score (nSPS) is 14.8. The molecule has 1 atom stereocenters. The Balaban J connectivity index is 4.14. The SMILES string of the molecule is CCCN(CC)CC(NC)C(C)(C)C. The molecule has 0 aromatic carbocycles. The van der Waals surface area contributed by atoms with Crippen molar-refractivity contribution >= 4 is 0 Å². The molecule has 0 fully saturated rings. The molecule has 0 amide bonds. The fourth-order valence-corrected chi connectivity index (χ4v) is 1.75. The Morgan fingerprint density at radius 3 is 2.07 bits per heavy atom. The Hall–Kier alpha value is -0.0800. The first-order valence-corrected chi connectivity index (χ1v) is 5.85. The van der Waals surface area contributed by atoms with Crippen LogP contribution in [0.25, 0.3) is 0 Å². The van der Waals surface area contributed by atoms with E-state index in [1.165, 1.54) is 13.0 Å². The van der Waals surface area contributed by atoms with Crippen molar-refractivity contribution < 1.29 is 0 Å². The lowest BCUT2D eigenvalue weighted by atomic mass is 9.86. The van der Waals surface area contributed by atoms with Gasteiger partial charge in [0.15, 0.2) is 0 Å². The van der Waals surface area contributed by atoms with E-state index >= 15 is 0 Å². The van der Waals surface area contributed by atoms with E-state index < -0.39 is 0 Å². The van der Waals surface area contributed by atoms with Gasteiger partial charge in [0.2, 0.25) is 0 Å². The van der Waals surface area contributed by atoms with Gasteiger partial charge in [-0.3, -0.25) is 0 Å². The summed E-state index contributed by atoms with van der Waals surface area (Å²) in [6, 6.07) is 0.578. The van der Waals surface area contributed by atoms with E-state index in [4.69, 9.17) is 0 Å². The zero-order valence-corrected chi connectivity index (χ0v) is 10.9. The van der Waals surface area contributed by atoms with Gasteiger partial charge in [-0.2, -0.15) is 0 Å². The van der Waals surface area contributed by atoms with Gasteiger partial charge in [0.1, 0.15) is 0 Å². The summed E-state index contributed by atoms with van der Waals surface area (Å²) >= 11 is 0. The van der Waals surface area contributed by atoms with Crippen LogP contribution in [0, 0.1) is 5.41 Å². The Morgan fingerprint density at radius 2 is 1.79 bits per heavy atom. The van der Waals surface area contributed by atoms with Crippen molar-refractivity contribution in [1.29, 1.82) is 0 Å². The molecule has 86 valence electrons. The highest BCUT2D eigenvalue weighted by Crippen LogP contribution is 2.19. The summed E-state index contributed by atoms with van der Waals surface area (Å²) in [4.78, 5) is 2.52. The molecule has 1 N–H and O–H groups in total. The summed E-state index contributed by atoms with van der Waals surface area (Å²) in [6.07, 6.45) is 1.24. The van der Waals surface area contributed by atoms with Crippen LogP contribution in [0.2, 0.25) is 0 Å². The van der Waals surface area contributed by atoms with Gasteiger partial charge in [0.25, 0.3) is 0 Å². The molecule has 0 heterocycles. The fourth-order valence-electron chi connectivity index (χ4n) is 1.75. The van der Waals surface area contributed by atoms with E-state index in [1.54, 1.807) is 0 Å². The largest absolute Gasteiger partial charge is 0.315 e. The minimum Gasteiger partial charge on any atom is -0.315 e. The molecule has 2 nitrogen and oxygen atoms in total. The summed E-state index contributed by atoms with van der Waals surface area (Å²) in [6.45, 7) is 14.9. The second-order valence-corrected chi connectivity index (χ2v) is 5.10. The second-order valence-electron chi connectivity index (χ2n) is 5.10. The summed E-state index contributed by atoms with van der Waals surface area (Å²) in [5.41, 5.74) is 0.343. The van der Waals surface area contributed by atoms with Crippen molar-refractivity contribution in [3.05, 3.63) is 0 Å². The summed E-state index contributed by atoms with van der Waals surface area (Å²) < 4.78 is 0. The van der Waals surface area contributed by atoms with Crippen molar-refractivity contribution in [2.75, 3.05) is 26.7 Å². The van der Waals surface area contributed by atoms with Crippen LogP contribution in [-0.2, 0) is 0 Å². The quantitative estimate of drug-likeness (QED) is 0.708. The van der Waals surface area contributed by atoms with E-state index in [-0.39, 0.29) is 0 Å². The highest BCUT2D eigenvalue weighted by Gasteiger charge is 2.24. The number of hydrogen-bond donors (Lipinski definition) is 1. The topological polar surface area (TPSA) is 15.3 Å². The van der Waals surface area contributed by atoms with Gasteiger partial charge >= 0.3 is 0 Å². The molecule has 1 unspecified atom stereocenters. The highest BCUT2D eigenvalue weighted by molar-refractivity contribution is 4.82. The molecule has 0 saturated carbocycles. The molecular formula is C12H28N2. The average Bonchev–Trinajstić information content (AvgIpc) is 2.10. The first-order chi connectivity index (χ1) is 6.45. The third kappa shape index (κ3) is 4.97. The van der Waals surface area contributed by atoms with Crippen LogP contribution in [-0.4, -0.2) is 37.6 Å². The molecule has 0 bridgehead atoms. The average molecular weight is 200 g/mol. The number of hydrogen-bond acceptors (Lipinski definition) is 2. The minimum absolute atomic E-state index is 0.343. The maximum Gasteiger partial charge on any atom is 0.0240 e. The Bertz CT molecular complexity index is 138. The van der Waals surface area contributed by atoms with Crippen LogP contribution >= 0.6 is 0 Å². The maximum absolute atomic E-state index is 3.42. The van der Waals surface area contributed by atoms with Crippen molar-refractivity contribution in [2.45, 2.75) is 47.1 Å². The predicted molar refractivity (Wildman–Crippen MR) is 64.7 cm³/mol. The van der Waals surface area contributed by atoms with Crippen molar-refractivity contribution in [3.8, 4) is 0 Å². The Morgan fingerprint density at radius 1 is 1.21 bits per heavy atom. The molecule has 2 heteroatoms. The van der Waals surface area contributed by atoms with Gasteiger partial charge < -0.3 is 10.2 Å².